The molecule has 1 fully saturated rings. The standard InChI is InChI=1S/C19H24N2O3S/c1-23-16-11-7-10-14(17(16)24-2)19-21-15(12-25-19)18(22)20-13-8-5-3-4-6-9-13/h7,10-13H,3-6,8-9H2,1-2H3,(H,20,22). The average molecular weight is 360 g/mol. The number of ether oxygens (including phenoxy) is 2. The molecule has 0 aliphatic heterocycles. The molecule has 25 heavy (non-hydrogen) atoms. The molecular weight excluding hydrogens is 336 g/mol. The first-order valence-electron chi connectivity index (χ1n) is 8.70. The number of aromatic nitrogens is 1. The van der Waals surface area contributed by atoms with Crippen molar-refractivity contribution < 1.29 is 14.3 Å². The zero-order valence-electron chi connectivity index (χ0n) is 14.7. The van der Waals surface area contributed by atoms with Gasteiger partial charge in [0.25, 0.3) is 5.91 Å². The number of nitrogens with zero attached hydrogens (tertiary/aromatic N) is 1. The highest BCUT2D eigenvalue weighted by atomic mass is 32.1. The van der Waals surface area contributed by atoms with Crippen LogP contribution in [-0.2, 0) is 0 Å². The summed E-state index contributed by atoms with van der Waals surface area (Å²) in [4.78, 5) is 17.0. The SMILES string of the molecule is COc1cccc(-c2nc(C(=O)NC3CCCCCC3)cs2)c1OC. The van der Waals surface area contributed by atoms with Crippen LogP contribution in [0.3, 0.4) is 0 Å². The normalized spacial score (nSPS) is 15.4. The van der Waals surface area contributed by atoms with Gasteiger partial charge in [0.2, 0.25) is 0 Å². The highest BCUT2D eigenvalue weighted by Crippen LogP contribution is 2.38. The monoisotopic (exact) mass is 360 g/mol. The summed E-state index contributed by atoms with van der Waals surface area (Å²) >= 11 is 1.44. The maximum absolute atomic E-state index is 12.5. The maximum atomic E-state index is 12.5. The third-order valence-corrected chi connectivity index (χ3v) is 5.44. The quantitative estimate of drug-likeness (QED) is 0.809. The van der Waals surface area contributed by atoms with Crippen LogP contribution >= 0.6 is 11.3 Å². The summed E-state index contributed by atoms with van der Waals surface area (Å²) in [5.74, 6) is 1.20. The second kappa shape index (κ2) is 8.34. The van der Waals surface area contributed by atoms with Gasteiger partial charge in [-0.2, -0.15) is 0 Å². The van der Waals surface area contributed by atoms with E-state index >= 15 is 0 Å². The van der Waals surface area contributed by atoms with E-state index in [0.717, 1.165) is 23.4 Å². The molecule has 1 aromatic heterocycles. The molecule has 0 bridgehead atoms. The molecule has 1 saturated carbocycles. The van der Waals surface area contributed by atoms with Gasteiger partial charge in [-0.25, -0.2) is 4.98 Å². The van der Waals surface area contributed by atoms with Crippen molar-refractivity contribution in [2.24, 2.45) is 0 Å². The fourth-order valence-electron chi connectivity index (χ4n) is 3.24. The molecule has 0 saturated heterocycles. The van der Waals surface area contributed by atoms with Crippen LogP contribution in [-0.4, -0.2) is 31.2 Å². The first-order valence-corrected chi connectivity index (χ1v) is 9.58. The molecule has 0 radical (unpaired) electrons. The van der Waals surface area contributed by atoms with Crippen LogP contribution in [0.25, 0.3) is 10.6 Å². The molecule has 2 aromatic rings. The minimum absolute atomic E-state index is 0.0868. The fourth-order valence-corrected chi connectivity index (χ4v) is 4.06. The van der Waals surface area contributed by atoms with E-state index in [-0.39, 0.29) is 11.9 Å². The van der Waals surface area contributed by atoms with Gasteiger partial charge in [-0.1, -0.05) is 31.7 Å². The molecule has 1 aliphatic carbocycles. The molecule has 1 heterocycles. The Hall–Kier alpha value is -2.08. The molecule has 1 amide bonds. The van der Waals surface area contributed by atoms with Gasteiger partial charge < -0.3 is 14.8 Å². The maximum Gasteiger partial charge on any atom is 0.270 e. The Morgan fingerprint density at radius 3 is 2.60 bits per heavy atom. The lowest BCUT2D eigenvalue weighted by Gasteiger charge is -2.15. The van der Waals surface area contributed by atoms with E-state index in [0.29, 0.717) is 17.2 Å². The van der Waals surface area contributed by atoms with Crippen LogP contribution in [0.2, 0.25) is 0 Å². The number of methoxy groups -OCH3 is 2. The van der Waals surface area contributed by atoms with Gasteiger partial charge in [-0.15, -0.1) is 11.3 Å². The summed E-state index contributed by atoms with van der Waals surface area (Å²) < 4.78 is 10.8. The van der Waals surface area contributed by atoms with Crippen LogP contribution in [0.5, 0.6) is 11.5 Å². The van der Waals surface area contributed by atoms with Crippen molar-refractivity contribution >= 4 is 17.2 Å². The molecule has 1 N–H and O–H groups in total. The number of amides is 1. The van der Waals surface area contributed by atoms with Gasteiger partial charge in [0, 0.05) is 11.4 Å². The number of carbonyl (C=O) groups is 1. The number of para-hydroxylation sites is 1. The third kappa shape index (κ3) is 4.12. The molecule has 6 heteroatoms. The van der Waals surface area contributed by atoms with Crippen molar-refractivity contribution in [3.63, 3.8) is 0 Å². The minimum atomic E-state index is -0.0868. The molecule has 0 spiro atoms. The van der Waals surface area contributed by atoms with Gasteiger partial charge in [0.05, 0.1) is 19.8 Å². The molecule has 134 valence electrons. The Morgan fingerprint density at radius 2 is 1.92 bits per heavy atom. The van der Waals surface area contributed by atoms with E-state index in [1.165, 1.54) is 37.0 Å². The van der Waals surface area contributed by atoms with Gasteiger partial charge in [-0.3, -0.25) is 4.79 Å². The van der Waals surface area contributed by atoms with E-state index in [4.69, 9.17) is 9.47 Å². The number of thiazole rings is 1. The van der Waals surface area contributed by atoms with Crippen molar-refractivity contribution in [1.29, 1.82) is 0 Å². The Morgan fingerprint density at radius 1 is 1.16 bits per heavy atom. The van der Waals surface area contributed by atoms with Crippen molar-refractivity contribution in [1.82, 2.24) is 10.3 Å². The van der Waals surface area contributed by atoms with E-state index in [9.17, 15) is 4.79 Å². The summed E-state index contributed by atoms with van der Waals surface area (Å²) in [7, 11) is 3.21. The van der Waals surface area contributed by atoms with Crippen LogP contribution in [0, 0.1) is 0 Å². The molecule has 5 nitrogen and oxygen atoms in total. The van der Waals surface area contributed by atoms with Crippen LogP contribution in [0.1, 0.15) is 49.0 Å². The van der Waals surface area contributed by atoms with Gasteiger partial charge in [0.1, 0.15) is 10.7 Å². The molecule has 0 unspecified atom stereocenters. The Bertz CT molecular complexity index is 721. The number of carbonyl (C=O) groups excluding carboxylic acids is 1. The van der Waals surface area contributed by atoms with E-state index < -0.39 is 0 Å². The Labute approximate surface area is 152 Å². The van der Waals surface area contributed by atoms with E-state index in [1.807, 2.05) is 18.2 Å². The van der Waals surface area contributed by atoms with Gasteiger partial charge in [-0.05, 0) is 25.0 Å². The summed E-state index contributed by atoms with van der Waals surface area (Å²) in [6.45, 7) is 0. The lowest BCUT2D eigenvalue weighted by Crippen LogP contribution is -2.34. The van der Waals surface area contributed by atoms with Crippen molar-refractivity contribution in [3.05, 3.63) is 29.3 Å². The smallest absolute Gasteiger partial charge is 0.270 e. The highest BCUT2D eigenvalue weighted by molar-refractivity contribution is 7.13. The van der Waals surface area contributed by atoms with Gasteiger partial charge >= 0.3 is 0 Å². The average Bonchev–Trinajstić information content (AvgIpc) is 3.00. The Kier molecular flexibility index (Phi) is 5.91. The first-order chi connectivity index (χ1) is 12.2. The third-order valence-electron chi connectivity index (χ3n) is 4.56. The second-order valence-electron chi connectivity index (χ2n) is 6.24. The lowest BCUT2D eigenvalue weighted by atomic mass is 10.1. The number of nitrogens with one attached hydrogen (secondary N) is 1. The van der Waals surface area contributed by atoms with Gasteiger partial charge in [0.15, 0.2) is 11.5 Å². The second-order valence-corrected chi connectivity index (χ2v) is 7.10. The molecule has 3 rings (SSSR count). The summed E-state index contributed by atoms with van der Waals surface area (Å²) in [6.07, 6.45) is 7.03. The molecule has 1 aliphatic rings. The predicted molar refractivity (Wildman–Crippen MR) is 99.6 cm³/mol. The zero-order chi connectivity index (χ0) is 17.6. The highest BCUT2D eigenvalue weighted by Gasteiger charge is 2.20. The number of rotatable bonds is 5. The molecule has 1 aromatic carbocycles. The Balaban J connectivity index is 1.77. The predicted octanol–water partition coefficient (Wildman–Crippen LogP) is 4.28. The minimum Gasteiger partial charge on any atom is -0.493 e. The van der Waals surface area contributed by atoms with E-state index in [1.54, 1.807) is 19.6 Å². The number of hydrogen-bond acceptors (Lipinski definition) is 5. The zero-order valence-corrected chi connectivity index (χ0v) is 15.5. The van der Waals surface area contributed by atoms with Crippen LogP contribution in [0.15, 0.2) is 23.6 Å². The topological polar surface area (TPSA) is 60.5 Å². The van der Waals surface area contributed by atoms with Crippen LogP contribution < -0.4 is 14.8 Å². The molecule has 0 atom stereocenters. The van der Waals surface area contributed by atoms with Crippen LogP contribution in [0.4, 0.5) is 0 Å². The summed E-state index contributed by atoms with van der Waals surface area (Å²) in [6, 6.07) is 5.93. The van der Waals surface area contributed by atoms with Crippen molar-refractivity contribution in [2.45, 2.75) is 44.6 Å². The summed E-state index contributed by atoms with van der Waals surface area (Å²) in [5.41, 5.74) is 1.30. The largest absolute Gasteiger partial charge is 0.493 e. The van der Waals surface area contributed by atoms with E-state index in [2.05, 4.69) is 10.3 Å². The number of benzene rings is 1. The first kappa shape index (κ1) is 17.7. The van der Waals surface area contributed by atoms with Crippen molar-refractivity contribution in [2.75, 3.05) is 14.2 Å². The fraction of sp³-hybridized carbons (Fsp3) is 0.474. The number of hydrogen-bond donors (Lipinski definition) is 1. The van der Waals surface area contributed by atoms with Crippen molar-refractivity contribution in [3.8, 4) is 22.1 Å². The lowest BCUT2D eigenvalue weighted by molar-refractivity contribution is 0.0929. The summed E-state index contributed by atoms with van der Waals surface area (Å²) in [5, 5.41) is 5.70. The molecular formula is C19H24N2O3S.